The molecule has 0 saturated carbocycles. The molecule has 0 N–H and O–H groups in total. The molecule has 140 valence electrons. The number of allylic oxidation sites excluding steroid dienone is 4. The highest BCUT2D eigenvalue weighted by molar-refractivity contribution is 6.66. The van der Waals surface area contributed by atoms with Crippen molar-refractivity contribution < 1.29 is 9.53 Å². The third kappa shape index (κ3) is 19.9. The number of hydrogen-bond donors (Lipinski definition) is 0. The van der Waals surface area contributed by atoms with E-state index in [1.54, 1.807) is 0 Å². The minimum Gasteiger partial charge on any atom is -0.415 e. The van der Waals surface area contributed by atoms with Crippen LogP contribution in [0.4, 0.5) is 0 Å². The van der Waals surface area contributed by atoms with Gasteiger partial charge in [-0.15, -0.1) is 0 Å². The Bertz CT molecular complexity index is 360. The quantitative estimate of drug-likeness (QED) is 0.130. The van der Waals surface area contributed by atoms with Crippen molar-refractivity contribution in [2.75, 3.05) is 0 Å². The average Bonchev–Trinajstić information content (AvgIpc) is 2.49. The first-order chi connectivity index (χ1) is 11.5. The molecule has 2 nitrogen and oxygen atoms in total. The van der Waals surface area contributed by atoms with Gasteiger partial charge < -0.3 is 4.74 Å². The molecular formula is C19H31Cl3O2. The molecule has 0 aromatic carbocycles. The van der Waals surface area contributed by atoms with Crippen LogP contribution < -0.4 is 0 Å². The maximum Gasteiger partial charge on any atom is 0.340 e. The highest BCUT2D eigenvalue weighted by Gasteiger charge is 2.24. The van der Waals surface area contributed by atoms with E-state index in [-0.39, 0.29) is 0 Å². The van der Waals surface area contributed by atoms with Gasteiger partial charge in [-0.05, 0) is 73.3 Å². The van der Waals surface area contributed by atoms with Gasteiger partial charge in [-0.2, -0.15) is 0 Å². The van der Waals surface area contributed by atoms with Crippen LogP contribution >= 0.6 is 34.8 Å². The van der Waals surface area contributed by atoms with E-state index < -0.39 is 9.95 Å². The van der Waals surface area contributed by atoms with Crippen LogP contribution in [0.5, 0.6) is 0 Å². The summed E-state index contributed by atoms with van der Waals surface area (Å²) < 4.78 is 2.66. The first kappa shape index (κ1) is 23.8. The highest BCUT2D eigenvalue weighted by atomic mass is 35.6. The Hall–Kier alpha value is -0.180. The number of alkyl halides is 3. The summed E-state index contributed by atoms with van der Waals surface area (Å²) in [6, 6.07) is 0. The Labute approximate surface area is 162 Å². The van der Waals surface area contributed by atoms with Gasteiger partial charge in [0.15, 0.2) is 0 Å². The first-order valence-corrected chi connectivity index (χ1v) is 10.2. The molecule has 0 radical (unpaired) electrons. The Kier molecular flexibility index (Phi) is 16.2. The van der Waals surface area contributed by atoms with Gasteiger partial charge in [0, 0.05) is 6.42 Å². The Balaban J connectivity index is 3.33. The minimum atomic E-state index is -1.94. The molecule has 24 heavy (non-hydrogen) atoms. The molecule has 0 amide bonds. The Morgan fingerprint density at radius 2 is 1.38 bits per heavy atom. The Morgan fingerprint density at radius 3 is 1.96 bits per heavy atom. The standard InChI is InChI=1S/C19H31Cl3O2/c1-2-3-4-5-6-7-8-9-10-11-12-13-14-15-16-17-18(23)24-19(20,21)22/h6-7,9-10H,2-5,8,11-17H2,1H3/b7-6-,10-9-. The van der Waals surface area contributed by atoms with Gasteiger partial charge in [-0.3, -0.25) is 4.79 Å². The zero-order valence-electron chi connectivity index (χ0n) is 14.7. The molecule has 0 atom stereocenters. The van der Waals surface area contributed by atoms with Gasteiger partial charge >= 0.3 is 9.95 Å². The van der Waals surface area contributed by atoms with E-state index in [9.17, 15) is 4.79 Å². The van der Waals surface area contributed by atoms with Crippen molar-refractivity contribution in [3.8, 4) is 0 Å². The van der Waals surface area contributed by atoms with Crippen LogP contribution in [0, 0.1) is 0 Å². The summed E-state index contributed by atoms with van der Waals surface area (Å²) in [6.45, 7) is 2.23. The van der Waals surface area contributed by atoms with E-state index in [0.717, 1.165) is 32.1 Å². The highest BCUT2D eigenvalue weighted by Crippen LogP contribution is 2.28. The normalized spacial score (nSPS) is 12.3. The van der Waals surface area contributed by atoms with E-state index >= 15 is 0 Å². The Morgan fingerprint density at radius 1 is 0.833 bits per heavy atom. The molecule has 0 spiro atoms. The maximum atomic E-state index is 11.3. The lowest BCUT2D eigenvalue weighted by Crippen LogP contribution is -2.15. The molecular weight excluding hydrogens is 367 g/mol. The second kappa shape index (κ2) is 16.3. The molecule has 0 fully saturated rings. The monoisotopic (exact) mass is 396 g/mol. The van der Waals surface area contributed by atoms with Crippen molar-refractivity contribution in [3.05, 3.63) is 24.3 Å². The maximum absolute atomic E-state index is 11.3. The van der Waals surface area contributed by atoms with Crippen LogP contribution in [-0.2, 0) is 9.53 Å². The zero-order chi connectivity index (χ0) is 18.1. The lowest BCUT2D eigenvalue weighted by atomic mass is 10.1. The smallest absolute Gasteiger partial charge is 0.340 e. The molecule has 5 heteroatoms. The van der Waals surface area contributed by atoms with Crippen molar-refractivity contribution in [2.45, 2.75) is 88.0 Å². The van der Waals surface area contributed by atoms with Crippen molar-refractivity contribution in [1.29, 1.82) is 0 Å². The first-order valence-electron chi connectivity index (χ1n) is 9.04. The largest absolute Gasteiger partial charge is 0.415 e. The lowest BCUT2D eigenvalue weighted by molar-refractivity contribution is -0.144. The molecule has 0 aromatic heterocycles. The predicted octanol–water partition coefficient (Wildman–Crippen LogP) is 7.67. The van der Waals surface area contributed by atoms with Gasteiger partial charge in [0.2, 0.25) is 0 Å². The van der Waals surface area contributed by atoms with E-state index in [0.29, 0.717) is 6.42 Å². The summed E-state index contributed by atoms with van der Waals surface area (Å²) in [4.78, 5) is 11.3. The van der Waals surface area contributed by atoms with Crippen LogP contribution in [0.1, 0.15) is 84.0 Å². The van der Waals surface area contributed by atoms with Gasteiger partial charge in [-0.25, -0.2) is 0 Å². The summed E-state index contributed by atoms with van der Waals surface area (Å²) >= 11 is 16.1. The summed E-state index contributed by atoms with van der Waals surface area (Å²) in [5.41, 5.74) is 0. The number of carbonyl (C=O) groups is 1. The van der Waals surface area contributed by atoms with Crippen molar-refractivity contribution >= 4 is 40.8 Å². The molecule has 0 bridgehead atoms. The number of carbonyl (C=O) groups excluding carboxylic acids is 1. The summed E-state index contributed by atoms with van der Waals surface area (Å²) in [5, 5.41) is 0. The zero-order valence-corrected chi connectivity index (χ0v) is 17.0. The molecule has 0 unspecified atom stereocenters. The summed E-state index contributed by atoms with van der Waals surface area (Å²) in [5.74, 6) is -0.458. The molecule has 0 saturated heterocycles. The third-order valence-corrected chi connectivity index (χ3v) is 3.79. The van der Waals surface area contributed by atoms with Gasteiger partial charge in [0.25, 0.3) is 0 Å². The molecule has 0 aliphatic carbocycles. The van der Waals surface area contributed by atoms with Gasteiger partial charge in [0.05, 0.1) is 0 Å². The summed E-state index contributed by atoms with van der Waals surface area (Å²) in [6.07, 6.45) is 21.9. The van der Waals surface area contributed by atoms with E-state index in [2.05, 4.69) is 36.0 Å². The predicted molar refractivity (Wildman–Crippen MR) is 106 cm³/mol. The van der Waals surface area contributed by atoms with Gasteiger partial charge in [-0.1, -0.05) is 63.3 Å². The van der Waals surface area contributed by atoms with Gasteiger partial charge in [0.1, 0.15) is 0 Å². The third-order valence-electron chi connectivity index (χ3n) is 3.56. The van der Waals surface area contributed by atoms with Crippen molar-refractivity contribution in [3.63, 3.8) is 0 Å². The van der Waals surface area contributed by atoms with E-state index in [1.165, 1.54) is 38.5 Å². The number of esters is 1. The van der Waals surface area contributed by atoms with E-state index in [1.807, 2.05) is 0 Å². The molecule has 0 aliphatic rings. The van der Waals surface area contributed by atoms with Crippen LogP contribution in [0.2, 0.25) is 0 Å². The number of halogens is 3. The second-order valence-corrected chi connectivity index (χ2v) is 8.08. The van der Waals surface area contributed by atoms with Crippen LogP contribution in [0.15, 0.2) is 24.3 Å². The topological polar surface area (TPSA) is 26.3 Å². The molecule has 0 aromatic rings. The SMILES string of the molecule is CCCCC/C=C\C/C=C\CCCCCCCC(=O)OC(Cl)(Cl)Cl. The average molecular weight is 398 g/mol. The summed E-state index contributed by atoms with van der Waals surface area (Å²) in [7, 11) is 0. The minimum absolute atomic E-state index is 0.304. The number of ether oxygens (including phenoxy) is 1. The molecule has 0 heterocycles. The van der Waals surface area contributed by atoms with Crippen molar-refractivity contribution in [1.82, 2.24) is 0 Å². The van der Waals surface area contributed by atoms with Crippen LogP contribution in [0.25, 0.3) is 0 Å². The fourth-order valence-corrected chi connectivity index (χ4v) is 2.52. The number of rotatable bonds is 14. The van der Waals surface area contributed by atoms with Crippen molar-refractivity contribution in [2.24, 2.45) is 0 Å². The number of hydrogen-bond acceptors (Lipinski definition) is 2. The van der Waals surface area contributed by atoms with Crippen LogP contribution in [-0.4, -0.2) is 9.95 Å². The van der Waals surface area contributed by atoms with Crippen LogP contribution in [0.3, 0.4) is 0 Å². The molecule has 0 aliphatic heterocycles. The van der Waals surface area contributed by atoms with E-state index in [4.69, 9.17) is 34.8 Å². The second-order valence-electron chi connectivity index (χ2n) is 5.90. The lowest BCUT2D eigenvalue weighted by Gasteiger charge is -2.11. The number of unbranched alkanes of at least 4 members (excludes halogenated alkanes) is 8. The fraction of sp³-hybridized carbons (Fsp3) is 0.737. The molecule has 0 rings (SSSR count). The fourth-order valence-electron chi connectivity index (χ4n) is 2.26.